The van der Waals surface area contributed by atoms with E-state index in [1.165, 1.54) is 6.42 Å². The van der Waals surface area contributed by atoms with Gasteiger partial charge in [0.25, 0.3) is 0 Å². The van der Waals surface area contributed by atoms with E-state index in [9.17, 15) is 0 Å². The maximum absolute atomic E-state index is 9.10. The molecular weight excluding hydrogens is 258 g/mol. The number of anilines is 1. The molecule has 3 nitrogen and oxygen atoms in total. The lowest BCUT2D eigenvalue weighted by atomic mass is 9.91. The van der Waals surface area contributed by atoms with Crippen LogP contribution in [0.2, 0.25) is 5.02 Å². The normalized spacial score (nSPS) is 22.7. The van der Waals surface area contributed by atoms with Gasteiger partial charge in [-0.2, -0.15) is 10.5 Å². The molecule has 2 atom stereocenters. The fourth-order valence-electron chi connectivity index (χ4n) is 2.85. The van der Waals surface area contributed by atoms with Crippen LogP contribution in [0.4, 0.5) is 5.69 Å². The van der Waals surface area contributed by atoms with Crippen LogP contribution in [0.1, 0.15) is 31.4 Å². The zero-order valence-corrected chi connectivity index (χ0v) is 11.9. The van der Waals surface area contributed by atoms with Crippen LogP contribution in [-0.2, 0) is 0 Å². The number of hydrogen-bond donors (Lipinski definition) is 0. The molecule has 4 heteroatoms. The number of nitrogens with zero attached hydrogens (tertiary/aromatic N) is 3. The number of benzene rings is 1. The molecule has 1 saturated heterocycles. The second kappa shape index (κ2) is 5.51. The molecule has 0 amide bonds. The lowest BCUT2D eigenvalue weighted by Crippen LogP contribution is -2.38. The first-order chi connectivity index (χ1) is 9.05. The topological polar surface area (TPSA) is 50.8 Å². The van der Waals surface area contributed by atoms with Gasteiger partial charge in [0, 0.05) is 13.1 Å². The van der Waals surface area contributed by atoms with Gasteiger partial charge in [-0.25, -0.2) is 0 Å². The van der Waals surface area contributed by atoms with Crippen LogP contribution >= 0.6 is 11.6 Å². The largest absolute Gasteiger partial charge is 0.370 e. The third-order valence-electron chi connectivity index (χ3n) is 3.54. The van der Waals surface area contributed by atoms with Crippen LogP contribution in [-0.4, -0.2) is 13.1 Å². The van der Waals surface area contributed by atoms with E-state index >= 15 is 0 Å². The zero-order chi connectivity index (χ0) is 14.0. The van der Waals surface area contributed by atoms with E-state index < -0.39 is 0 Å². The lowest BCUT2D eigenvalue weighted by molar-refractivity contribution is 0.357. The molecule has 0 unspecified atom stereocenters. The Balaban J connectivity index is 2.40. The first-order valence-corrected chi connectivity index (χ1v) is 6.81. The van der Waals surface area contributed by atoms with Gasteiger partial charge in [0.1, 0.15) is 12.1 Å². The Morgan fingerprint density at radius 3 is 2.16 bits per heavy atom. The van der Waals surface area contributed by atoms with Crippen molar-refractivity contribution >= 4 is 17.3 Å². The molecule has 0 aromatic heterocycles. The fourth-order valence-corrected chi connectivity index (χ4v) is 3.13. The Bertz CT molecular complexity index is 558. The van der Waals surface area contributed by atoms with Crippen molar-refractivity contribution in [3.8, 4) is 12.1 Å². The standard InChI is InChI=1S/C15H16ClN3/c1-10-3-11(2)9-19(8-10)15-5-13(7-18)12(6-17)4-14(15)16/h4-5,10-11H,3,8-9H2,1-2H3/t10-,11+. The van der Waals surface area contributed by atoms with Gasteiger partial charge in [-0.1, -0.05) is 25.4 Å². The summed E-state index contributed by atoms with van der Waals surface area (Å²) in [6.07, 6.45) is 1.22. The Morgan fingerprint density at radius 1 is 1.11 bits per heavy atom. The van der Waals surface area contributed by atoms with Gasteiger partial charge < -0.3 is 4.90 Å². The summed E-state index contributed by atoms with van der Waals surface area (Å²) in [5.41, 5.74) is 1.61. The van der Waals surface area contributed by atoms with Gasteiger partial charge in [-0.05, 0) is 30.4 Å². The monoisotopic (exact) mass is 273 g/mol. The summed E-state index contributed by atoms with van der Waals surface area (Å²) in [7, 11) is 0. The minimum Gasteiger partial charge on any atom is -0.370 e. The van der Waals surface area contributed by atoms with Crippen molar-refractivity contribution in [3.05, 3.63) is 28.3 Å². The molecule has 2 rings (SSSR count). The molecule has 19 heavy (non-hydrogen) atoms. The van der Waals surface area contributed by atoms with Crippen LogP contribution in [0.5, 0.6) is 0 Å². The van der Waals surface area contributed by atoms with Crippen molar-refractivity contribution < 1.29 is 0 Å². The molecule has 1 aromatic carbocycles. The number of piperidine rings is 1. The Hall–Kier alpha value is -1.71. The van der Waals surface area contributed by atoms with Crippen molar-refractivity contribution in [2.45, 2.75) is 20.3 Å². The predicted octanol–water partition coefficient (Wildman–Crippen LogP) is 3.57. The average Bonchev–Trinajstić information content (AvgIpc) is 2.37. The van der Waals surface area contributed by atoms with Gasteiger partial charge in [0.05, 0.1) is 21.8 Å². The number of nitriles is 2. The Labute approximate surface area is 119 Å². The van der Waals surface area contributed by atoms with Gasteiger partial charge in [-0.3, -0.25) is 0 Å². The summed E-state index contributed by atoms with van der Waals surface area (Å²) in [6, 6.07) is 7.42. The Morgan fingerprint density at radius 2 is 1.63 bits per heavy atom. The highest BCUT2D eigenvalue weighted by Gasteiger charge is 2.24. The van der Waals surface area contributed by atoms with E-state index in [1.54, 1.807) is 12.1 Å². The van der Waals surface area contributed by atoms with Crippen LogP contribution in [0.15, 0.2) is 12.1 Å². The lowest BCUT2D eigenvalue weighted by Gasteiger charge is -2.37. The second-order valence-corrected chi connectivity index (χ2v) is 5.83. The quantitative estimate of drug-likeness (QED) is 0.786. The average molecular weight is 274 g/mol. The summed E-state index contributed by atoms with van der Waals surface area (Å²) >= 11 is 6.26. The fraction of sp³-hybridized carbons (Fsp3) is 0.467. The number of halogens is 1. The van der Waals surface area contributed by atoms with Crippen LogP contribution in [0.3, 0.4) is 0 Å². The molecular formula is C15H16ClN3. The van der Waals surface area contributed by atoms with Crippen molar-refractivity contribution in [2.75, 3.05) is 18.0 Å². The molecule has 0 saturated carbocycles. The van der Waals surface area contributed by atoms with Crippen molar-refractivity contribution in [2.24, 2.45) is 11.8 Å². The minimum absolute atomic E-state index is 0.342. The predicted molar refractivity (Wildman–Crippen MR) is 76.0 cm³/mol. The highest BCUT2D eigenvalue weighted by atomic mass is 35.5. The number of rotatable bonds is 1. The molecule has 98 valence electrons. The van der Waals surface area contributed by atoms with Crippen LogP contribution in [0, 0.1) is 34.5 Å². The molecule has 0 radical (unpaired) electrons. The van der Waals surface area contributed by atoms with Gasteiger partial charge in [0.2, 0.25) is 0 Å². The van der Waals surface area contributed by atoms with Gasteiger partial charge in [-0.15, -0.1) is 0 Å². The van der Waals surface area contributed by atoms with Crippen molar-refractivity contribution in [1.82, 2.24) is 0 Å². The van der Waals surface area contributed by atoms with E-state index in [0.29, 0.717) is 28.0 Å². The molecule has 0 spiro atoms. The molecule has 1 aliphatic rings. The summed E-state index contributed by atoms with van der Waals surface area (Å²) in [5, 5.41) is 18.6. The second-order valence-electron chi connectivity index (χ2n) is 5.42. The Kier molecular flexibility index (Phi) is 3.98. The maximum Gasteiger partial charge on any atom is 0.101 e. The maximum atomic E-state index is 9.10. The third kappa shape index (κ3) is 2.83. The molecule has 1 aliphatic heterocycles. The van der Waals surface area contributed by atoms with E-state index in [1.807, 2.05) is 6.07 Å². The molecule has 0 bridgehead atoms. The highest BCUT2D eigenvalue weighted by Crippen LogP contribution is 2.33. The summed E-state index contributed by atoms with van der Waals surface area (Å²) in [5.74, 6) is 1.22. The zero-order valence-electron chi connectivity index (χ0n) is 11.2. The first kappa shape index (κ1) is 13.7. The highest BCUT2D eigenvalue weighted by molar-refractivity contribution is 6.33. The molecule has 1 heterocycles. The smallest absolute Gasteiger partial charge is 0.101 e. The van der Waals surface area contributed by atoms with E-state index in [0.717, 1.165) is 18.8 Å². The van der Waals surface area contributed by atoms with Crippen molar-refractivity contribution in [3.63, 3.8) is 0 Å². The molecule has 0 N–H and O–H groups in total. The van der Waals surface area contributed by atoms with E-state index in [4.69, 9.17) is 22.1 Å². The summed E-state index contributed by atoms with van der Waals surface area (Å²) in [4.78, 5) is 2.23. The number of hydrogen-bond acceptors (Lipinski definition) is 3. The van der Waals surface area contributed by atoms with Gasteiger partial charge in [0.15, 0.2) is 0 Å². The SMILES string of the molecule is C[C@@H]1C[C@H](C)CN(c2cc(C#N)c(C#N)cc2Cl)C1. The van der Waals surface area contributed by atoms with E-state index in [-0.39, 0.29) is 0 Å². The van der Waals surface area contributed by atoms with Crippen molar-refractivity contribution in [1.29, 1.82) is 10.5 Å². The summed E-state index contributed by atoms with van der Waals surface area (Å²) in [6.45, 7) is 6.35. The molecule has 1 fully saturated rings. The minimum atomic E-state index is 0.342. The molecule has 1 aromatic rings. The third-order valence-corrected chi connectivity index (χ3v) is 3.84. The first-order valence-electron chi connectivity index (χ1n) is 6.43. The van der Waals surface area contributed by atoms with Gasteiger partial charge >= 0.3 is 0 Å². The van der Waals surface area contributed by atoms with Crippen LogP contribution in [0.25, 0.3) is 0 Å². The summed E-state index contributed by atoms with van der Waals surface area (Å²) < 4.78 is 0. The van der Waals surface area contributed by atoms with E-state index in [2.05, 4.69) is 24.8 Å². The molecule has 0 aliphatic carbocycles. The van der Waals surface area contributed by atoms with Crippen LogP contribution < -0.4 is 4.90 Å².